The first kappa shape index (κ1) is 16.7. The molecule has 0 atom stereocenters. The lowest BCUT2D eigenvalue weighted by Crippen LogP contribution is -2.58. The van der Waals surface area contributed by atoms with Crippen LogP contribution in [0, 0.1) is 0 Å². The van der Waals surface area contributed by atoms with Gasteiger partial charge in [0.1, 0.15) is 12.1 Å². The van der Waals surface area contributed by atoms with Gasteiger partial charge in [0, 0.05) is 13.1 Å². The number of piperidine rings is 1. The number of anilines is 1. The molecule has 2 aromatic rings. The molecular weight excluding hydrogens is 361 g/mol. The number of fused-ring (bicyclic) bond motifs is 1. The van der Waals surface area contributed by atoms with Crippen molar-refractivity contribution < 1.29 is 4.42 Å². The Kier molecular flexibility index (Phi) is 4.35. The number of rotatable bonds is 2. The lowest BCUT2D eigenvalue weighted by atomic mass is 9.84. The van der Waals surface area contributed by atoms with E-state index in [4.69, 9.17) is 32.6 Å². The van der Waals surface area contributed by atoms with Gasteiger partial charge in [-0.05, 0) is 32.0 Å². The van der Waals surface area contributed by atoms with Crippen LogP contribution in [0.15, 0.2) is 34.0 Å². The van der Waals surface area contributed by atoms with E-state index in [-0.39, 0.29) is 5.54 Å². The normalized spacial score (nSPS) is 19.2. The van der Waals surface area contributed by atoms with E-state index in [1.54, 1.807) is 18.5 Å². The summed E-state index contributed by atoms with van der Waals surface area (Å²) in [7, 11) is 2.14. The highest BCUT2D eigenvalue weighted by molar-refractivity contribution is 6.42. The molecule has 0 unspecified atom stereocenters. The summed E-state index contributed by atoms with van der Waals surface area (Å²) in [6, 6.07) is 3.65. The number of likely N-dealkylation sites (tertiary alicyclic amines) is 1. The third kappa shape index (κ3) is 3.21. The Morgan fingerprint density at radius 3 is 2.76 bits per heavy atom. The SMILES string of the molecule is CN1CCC2(CC1)Nc1cc(Cl)c(Cl)cc1N=C2NCc1ncco1. The summed E-state index contributed by atoms with van der Waals surface area (Å²) in [6.07, 6.45) is 5.10. The summed E-state index contributed by atoms with van der Waals surface area (Å²) >= 11 is 12.4. The Balaban J connectivity index is 1.68. The number of oxazole rings is 1. The molecule has 6 nitrogen and oxygen atoms in total. The Morgan fingerprint density at radius 1 is 1.28 bits per heavy atom. The van der Waals surface area contributed by atoms with Crippen molar-refractivity contribution in [3.8, 4) is 0 Å². The highest BCUT2D eigenvalue weighted by Gasteiger charge is 2.41. The highest BCUT2D eigenvalue weighted by atomic mass is 35.5. The molecule has 0 bridgehead atoms. The Hall–Kier alpha value is -1.76. The molecule has 4 rings (SSSR count). The van der Waals surface area contributed by atoms with Crippen molar-refractivity contribution in [3.63, 3.8) is 0 Å². The molecule has 0 saturated carbocycles. The smallest absolute Gasteiger partial charge is 0.213 e. The quantitative estimate of drug-likeness (QED) is 0.832. The number of nitrogens with zero attached hydrogens (tertiary/aromatic N) is 3. The standard InChI is InChI=1S/C17H19Cl2N5O/c1-24-5-2-17(3-6-24)16(21-10-15-20-4-7-25-15)22-13-8-11(18)12(19)9-14(13)23-17/h4,7-9,23H,2-3,5-6,10H2,1H3,(H,21,22). The Bertz CT molecular complexity index is 798. The summed E-state index contributed by atoms with van der Waals surface area (Å²) in [4.78, 5) is 11.3. The molecule has 2 aliphatic rings. The van der Waals surface area contributed by atoms with E-state index in [1.807, 2.05) is 6.07 Å². The van der Waals surface area contributed by atoms with Crippen LogP contribution in [-0.4, -0.2) is 41.4 Å². The van der Waals surface area contributed by atoms with Crippen LogP contribution in [0.25, 0.3) is 0 Å². The maximum atomic E-state index is 6.20. The number of hydrogen-bond donors (Lipinski definition) is 2. The van der Waals surface area contributed by atoms with Gasteiger partial charge in [-0.1, -0.05) is 23.2 Å². The van der Waals surface area contributed by atoms with Gasteiger partial charge in [0.25, 0.3) is 0 Å². The fraction of sp³-hybridized carbons (Fsp3) is 0.412. The number of halogens is 2. The van der Waals surface area contributed by atoms with Crippen molar-refractivity contribution in [2.75, 3.05) is 25.5 Å². The van der Waals surface area contributed by atoms with Crippen LogP contribution in [0.2, 0.25) is 10.0 Å². The topological polar surface area (TPSA) is 65.7 Å². The zero-order valence-corrected chi connectivity index (χ0v) is 15.4. The van der Waals surface area contributed by atoms with E-state index in [0.29, 0.717) is 22.5 Å². The van der Waals surface area contributed by atoms with Crippen LogP contribution in [0.1, 0.15) is 18.7 Å². The second-order valence-corrected chi connectivity index (χ2v) is 7.35. The van der Waals surface area contributed by atoms with Crippen molar-refractivity contribution in [2.24, 2.45) is 4.99 Å². The van der Waals surface area contributed by atoms with Gasteiger partial charge in [-0.3, -0.25) is 0 Å². The monoisotopic (exact) mass is 379 g/mol. The van der Waals surface area contributed by atoms with Crippen molar-refractivity contribution >= 4 is 40.4 Å². The molecule has 132 valence electrons. The molecule has 0 amide bonds. The zero-order chi connectivity index (χ0) is 17.4. The number of hydrogen-bond acceptors (Lipinski definition) is 6. The predicted octanol–water partition coefficient (Wildman–Crippen LogP) is 3.69. The molecule has 8 heteroatoms. The molecule has 0 radical (unpaired) electrons. The largest absolute Gasteiger partial charge is 0.447 e. The van der Waals surface area contributed by atoms with E-state index in [2.05, 4.69) is 27.6 Å². The van der Waals surface area contributed by atoms with Crippen LogP contribution >= 0.6 is 23.2 Å². The lowest BCUT2D eigenvalue weighted by molar-refractivity contribution is 0.238. The van der Waals surface area contributed by atoms with Crippen molar-refractivity contribution in [3.05, 3.63) is 40.5 Å². The molecule has 1 spiro atoms. The first-order chi connectivity index (χ1) is 12.1. The van der Waals surface area contributed by atoms with Gasteiger partial charge >= 0.3 is 0 Å². The van der Waals surface area contributed by atoms with Crippen LogP contribution < -0.4 is 10.6 Å². The molecule has 3 heterocycles. The lowest BCUT2D eigenvalue weighted by Gasteiger charge is -2.44. The average Bonchev–Trinajstić information content (AvgIpc) is 3.11. The third-order valence-corrected chi connectivity index (χ3v) is 5.55. The summed E-state index contributed by atoms with van der Waals surface area (Å²) < 4.78 is 5.33. The summed E-state index contributed by atoms with van der Waals surface area (Å²) in [5.74, 6) is 1.52. The van der Waals surface area contributed by atoms with Gasteiger partial charge in [0.05, 0.1) is 39.7 Å². The summed E-state index contributed by atoms with van der Waals surface area (Å²) in [5.41, 5.74) is 1.46. The fourth-order valence-corrected chi connectivity index (χ4v) is 3.67. The van der Waals surface area contributed by atoms with Gasteiger partial charge < -0.3 is 20.0 Å². The molecule has 2 N–H and O–H groups in total. The molecule has 2 aliphatic heterocycles. The summed E-state index contributed by atoms with van der Waals surface area (Å²) in [5, 5.41) is 8.11. The minimum absolute atomic E-state index is 0.247. The fourth-order valence-electron chi connectivity index (χ4n) is 3.34. The van der Waals surface area contributed by atoms with Gasteiger partial charge in [0.15, 0.2) is 0 Å². The van der Waals surface area contributed by atoms with Crippen LogP contribution in [-0.2, 0) is 6.54 Å². The second kappa shape index (κ2) is 6.52. The molecule has 25 heavy (non-hydrogen) atoms. The van der Waals surface area contributed by atoms with Gasteiger partial charge in [-0.25, -0.2) is 9.98 Å². The molecule has 1 fully saturated rings. The van der Waals surface area contributed by atoms with E-state index >= 15 is 0 Å². The highest BCUT2D eigenvalue weighted by Crippen LogP contribution is 2.41. The molecular formula is C17H19Cl2N5O. The van der Waals surface area contributed by atoms with Crippen LogP contribution in [0.3, 0.4) is 0 Å². The average molecular weight is 380 g/mol. The summed E-state index contributed by atoms with van der Waals surface area (Å²) in [6.45, 7) is 2.47. The minimum Gasteiger partial charge on any atom is -0.447 e. The second-order valence-electron chi connectivity index (χ2n) is 6.53. The zero-order valence-electron chi connectivity index (χ0n) is 13.9. The van der Waals surface area contributed by atoms with Crippen molar-refractivity contribution in [1.29, 1.82) is 0 Å². The van der Waals surface area contributed by atoms with E-state index in [0.717, 1.165) is 43.1 Å². The van der Waals surface area contributed by atoms with E-state index < -0.39 is 0 Å². The van der Waals surface area contributed by atoms with E-state index in [1.165, 1.54) is 0 Å². The number of aliphatic imine (C=N–C) groups is 1. The number of benzene rings is 1. The molecule has 1 aromatic carbocycles. The Morgan fingerprint density at radius 2 is 2.04 bits per heavy atom. The van der Waals surface area contributed by atoms with Gasteiger partial charge in [0.2, 0.25) is 5.89 Å². The Labute approximate surface area is 156 Å². The van der Waals surface area contributed by atoms with Crippen LogP contribution in [0.4, 0.5) is 11.4 Å². The number of aromatic nitrogens is 1. The molecule has 1 aromatic heterocycles. The third-order valence-electron chi connectivity index (χ3n) is 4.83. The maximum absolute atomic E-state index is 6.20. The number of nitrogens with one attached hydrogen (secondary N) is 2. The first-order valence-electron chi connectivity index (χ1n) is 8.23. The van der Waals surface area contributed by atoms with Gasteiger partial charge in [-0.15, -0.1) is 0 Å². The first-order valence-corrected chi connectivity index (χ1v) is 8.98. The molecule has 1 saturated heterocycles. The van der Waals surface area contributed by atoms with E-state index in [9.17, 15) is 0 Å². The maximum Gasteiger partial charge on any atom is 0.213 e. The van der Waals surface area contributed by atoms with Gasteiger partial charge in [-0.2, -0.15) is 0 Å². The molecule has 0 aliphatic carbocycles. The van der Waals surface area contributed by atoms with Crippen LogP contribution in [0.5, 0.6) is 0 Å². The number of amidine groups is 1. The van der Waals surface area contributed by atoms with Crippen molar-refractivity contribution in [2.45, 2.75) is 24.9 Å². The minimum atomic E-state index is -0.247. The predicted molar refractivity (Wildman–Crippen MR) is 100.0 cm³/mol. The van der Waals surface area contributed by atoms with Crippen molar-refractivity contribution in [1.82, 2.24) is 15.2 Å².